The molecule has 13 nitrogen and oxygen atoms in total. The lowest BCUT2D eigenvalue weighted by molar-refractivity contribution is -0.0841. The molecule has 0 aromatic heterocycles. The van der Waals surface area contributed by atoms with Crippen molar-refractivity contribution in [3.63, 3.8) is 0 Å². The van der Waals surface area contributed by atoms with Crippen LogP contribution >= 0.6 is 0 Å². The van der Waals surface area contributed by atoms with E-state index in [4.69, 9.17) is 23.7 Å². The van der Waals surface area contributed by atoms with Crippen molar-refractivity contribution in [2.75, 3.05) is 33.7 Å². The largest absolute Gasteiger partial charge is 0.504 e. The van der Waals surface area contributed by atoms with E-state index in [0.717, 1.165) is 13.2 Å². The number of phenolic OH excluding ortho intramolecular Hbond substituents is 1. The topological polar surface area (TPSA) is 168 Å². The van der Waals surface area contributed by atoms with Gasteiger partial charge in [0.05, 0.1) is 37.9 Å². The number of hydrogen-bond donors (Lipinski definition) is 2. The summed E-state index contributed by atoms with van der Waals surface area (Å²) in [5.74, 6) is -0.789. The van der Waals surface area contributed by atoms with Gasteiger partial charge in [0, 0.05) is 28.3 Å². The number of ether oxygens (including phenoxy) is 5. The maximum Gasteiger partial charge on any atom is 0.502 e. The highest BCUT2D eigenvalue weighted by Gasteiger charge is 2.60. The van der Waals surface area contributed by atoms with Gasteiger partial charge in [0.25, 0.3) is 9.84 Å². The number of halogens is 3. The molecule has 2 bridgehead atoms. The number of amides is 1. The smallest absolute Gasteiger partial charge is 0.502 e. The van der Waals surface area contributed by atoms with Crippen molar-refractivity contribution in [3.8, 4) is 34.8 Å². The number of carbonyl (C=O) groups is 1. The molecule has 2 N–H and O–H groups in total. The van der Waals surface area contributed by atoms with Gasteiger partial charge in [0.1, 0.15) is 29.9 Å². The third-order valence-electron chi connectivity index (χ3n) is 9.39. The fourth-order valence-electron chi connectivity index (χ4n) is 7.62. The highest BCUT2D eigenvalue weighted by Crippen LogP contribution is 2.59. The molecule has 0 spiro atoms. The predicted molar refractivity (Wildman–Crippen MR) is 163 cm³/mol. The van der Waals surface area contributed by atoms with Crippen LogP contribution in [0.2, 0.25) is 0 Å². The van der Waals surface area contributed by atoms with Crippen LogP contribution in [0.5, 0.6) is 28.7 Å². The molecule has 49 heavy (non-hydrogen) atoms. The van der Waals surface area contributed by atoms with Crippen molar-refractivity contribution in [2.45, 2.75) is 60.4 Å². The number of hydrogen-bond acceptors (Lipinski definition) is 12. The van der Waals surface area contributed by atoms with Crippen molar-refractivity contribution < 1.29 is 60.3 Å². The van der Waals surface area contributed by atoms with Crippen molar-refractivity contribution in [1.82, 2.24) is 9.80 Å². The highest BCUT2D eigenvalue weighted by molar-refractivity contribution is 7.92. The van der Waals surface area contributed by atoms with E-state index < -0.39 is 74.6 Å². The first-order valence-electron chi connectivity index (χ1n) is 15.0. The number of methoxy groups -OCH3 is 1. The second-order valence-corrected chi connectivity index (χ2v) is 13.7. The molecular weight excluding hydrogens is 675 g/mol. The molecule has 17 heteroatoms. The van der Waals surface area contributed by atoms with E-state index in [-0.39, 0.29) is 44.0 Å². The number of aromatic hydroxyl groups is 1. The summed E-state index contributed by atoms with van der Waals surface area (Å²) in [6, 6.07) is -2.57. The zero-order valence-corrected chi connectivity index (χ0v) is 27.1. The standard InChI is InChI=1S/C32H32F3N3O10S/c1-5-7-45-27-15(3)28-30(48-14-47-28)24-17(27)11-19-25-23-16(10-22(29(44-4)26(23)40)49(42,43)32(33,34)35)9-18(38(25)31(41)46-8-6-2)20(12-36)37(19)21(24)13-39/h5-6,10,18-21,25,39-40H,1-2,7-9,11,13-14H2,3-4H3/t18-,19-,20-,21-,25-/m0/s1. The number of rotatable bonds is 8. The van der Waals surface area contributed by atoms with Crippen LogP contribution in [0.15, 0.2) is 36.3 Å². The SMILES string of the molecule is C=CCOC(=O)N1[C@@H]2c3c(cc(S(=O)(=O)C(F)(F)F)c(OC)c3O)C[C@H]1[C@H](C#N)N1[C@@H](CO)c3c(c(OCC=C)c(C)c4c3OCO4)C[C@@H]21. The summed E-state index contributed by atoms with van der Waals surface area (Å²) in [4.78, 5) is 15.4. The third kappa shape index (κ3) is 4.95. The molecule has 1 fully saturated rings. The van der Waals surface area contributed by atoms with Gasteiger partial charge in [0.15, 0.2) is 23.0 Å². The van der Waals surface area contributed by atoms with Crippen LogP contribution < -0.4 is 18.9 Å². The van der Waals surface area contributed by atoms with Gasteiger partial charge in [0.2, 0.25) is 6.79 Å². The zero-order chi connectivity index (χ0) is 35.6. The Morgan fingerprint density at radius 1 is 1.14 bits per heavy atom. The number of carbonyl (C=O) groups excluding carboxylic acids is 1. The average Bonchev–Trinajstić information content (AvgIpc) is 3.56. The van der Waals surface area contributed by atoms with Gasteiger partial charge in [-0.3, -0.25) is 9.80 Å². The first-order valence-corrected chi connectivity index (χ1v) is 16.5. The maximum absolute atomic E-state index is 13.8. The highest BCUT2D eigenvalue weighted by atomic mass is 32.2. The quantitative estimate of drug-likeness (QED) is 0.382. The van der Waals surface area contributed by atoms with Crippen LogP contribution in [0, 0.1) is 18.3 Å². The molecule has 2 aromatic carbocycles. The molecule has 0 aliphatic carbocycles. The summed E-state index contributed by atoms with van der Waals surface area (Å²) >= 11 is 0. The summed E-state index contributed by atoms with van der Waals surface area (Å²) in [5.41, 5.74) is -4.27. The Hall–Kier alpha value is -4.66. The Kier molecular flexibility index (Phi) is 8.62. The van der Waals surface area contributed by atoms with Crippen LogP contribution in [0.1, 0.15) is 39.9 Å². The minimum Gasteiger partial charge on any atom is -0.504 e. The Balaban J connectivity index is 1.65. The lowest BCUT2D eigenvalue weighted by Gasteiger charge is -2.59. The van der Waals surface area contributed by atoms with E-state index in [9.17, 15) is 41.9 Å². The van der Waals surface area contributed by atoms with Gasteiger partial charge in [-0.1, -0.05) is 25.3 Å². The molecule has 5 atom stereocenters. The number of nitriles is 1. The molecule has 4 heterocycles. The summed E-state index contributed by atoms with van der Waals surface area (Å²) in [6.07, 6.45) is 1.57. The van der Waals surface area contributed by atoms with Crippen LogP contribution in [-0.4, -0.2) is 91.9 Å². The molecule has 1 amide bonds. The van der Waals surface area contributed by atoms with Crippen LogP contribution in [0.3, 0.4) is 0 Å². The van der Waals surface area contributed by atoms with Gasteiger partial charge < -0.3 is 33.9 Å². The van der Waals surface area contributed by atoms with Crippen molar-refractivity contribution in [2.24, 2.45) is 0 Å². The third-order valence-corrected chi connectivity index (χ3v) is 10.9. The maximum atomic E-state index is 13.8. The number of sulfone groups is 1. The van der Waals surface area contributed by atoms with Crippen molar-refractivity contribution in [1.29, 1.82) is 5.26 Å². The first kappa shape index (κ1) is 34.2. The zero-order valence-electron chi connectivity index (χ0n) is 26.3. The second kappa shape index (κ2) is 12.3. The van der Waals surface area contributed by atoms with E-state index >= 15 is 0 Å². The van der Waals surface area contributed by atoms with E-state index in [2.05, 4.69) is 19.2 Å². The molecule has 4 aliphatic rings. The van der Waals surface area contributed by atoms with E-state index in [0.29, 0.717) is 33.9 Å². The summed E-state index contributed by atoms with van der Waals surface area (Å²) in [6.45, 7) is 8.20. The van der Waals surface area contributed by atoms with E-state index in [1.807, 2.05) is 0 Å². The normalized spacial score (nSPS) is 23.8. The lowest BCUT2D eigenvalue weighted by Crippen LogP contribution is -2.70. The van der Waals surface area contributed by atoms with Gasteiger partial charge >= 0.3 is 11.6 Å². The van der Waals surface area contributed by atoms with Gasteiger partial charge in [-0.25, -0.2) is 13.2 Å². The number of aliphatic hydroxyl groups excluding tert-OH is 1. The fraction of sp³-hybridized carbons (Fsp3) is 0.438. The second-order valence-electron chi connectivity index (χ2n) is 11.8. The van der Waals surface area contributed by atoms with E-state index in [1.165, 1.54) is 17.1 Å². The molecular formula is C32H32F3N3O10S. The Morgan fingerprint density at radius 2 is 1.84 bits per heavy atom. The molecule has 0 saturated carbocycles. The molecule has 2 aromatic rings. The van der Waals surface area contributed by atoms with Crippen molar-refractivity contribution >= 4 is 15.9 Å². The minimum atomic E-state index is -6.02. The van der Waals surface area contributed by atoms with Gasteiger partial charge in [-0.05, 0) is 31.4 Å². The monoisotopic (exact) mass is 707 g/mol. The van der Waals surface area contributed by atoms with Crippen LogP contribution in [0.4, 0.5) is 18.0 Å². The fourth-order valence-corrected chi connectivity index (χ4v) is 8.59. The summed E-state index contributed by atoms with van der Waals surface area (Å²) < 4.78 is 95.1. The number of benzene rings is 2. The lowest BCUT2D eigenvalue weighted by atomic mass is 9.72. The molecule has 6 rings (SSSR count). The van der Waals surface area contributed by atoms with Gasteiger partial charge in [-0.15, -0.1) is 0 Å². The number of alkyl halides is 3. The first-order chi connectivity index (χ1) is 23.3. The Labute approximate surface area is 279 Å². The van der Waals surface area contributed by atoms with Crippen molar-refractivity contribution in [3.05, 3.63) is 59.2 Å². The molecule has 4 aliphatic heterocycles. The summed E-state index contributed by atoms with van der Waals surface area (Å²) in [5, 5.41) is 33.3. The molecule has 0 unspecified atom stereocenters. The Bertz CT molecular complexity index is 1890. The molecule has 0 radical (unpaired) electrons. The summed E-state index contributed by atoms with van der Waals surface area (Å²) in [7, 11) is -5.11. The van der Waals surface area contributed by atoms with Crippen LogP contribution in [0.25, 0.3) is 0 Å². The number of phenols is 1. The average molecular weight is 708 g/mol. The van der Waals surface area contributed by atoms with Crippen LogP contribution in [-0.2, 0) is 27.4 Å². The Morgan fingerprint density at radius 3 is 2.45 bits per heavy atom. The number of aliphatic hydroxyl groups is 1. The number of piperazine rings is 1. The van der Waals surface area contributed by atoms with E-state index in [1.54, 1.807) is 11.8 Å². The van der Waals surface area contributed by atoms with Gasteiger partial charge in [-0.2, -0.15) is 18.4 Å². The molecule has 262 valence electrons. The molecule has 1 saturated heterocycles. The number of nitrogens with zero attached hydrogens (tertiary/aromatic N) is 3. The predicted octanol–water partition coefficient (Wildman–Crippen LogP) is 3.75. The number of fused-ring (bicyclic) bond motifs is 9. The minimum absolute atomic E-state index is 0.000388.